The van der Waals surface area contributed by atoms with Gasteiger partial charge in [0.2, 0.25) is 0 Å². The van der Waals surface area contributed by atoms with Crippen LogP contribution >= 0.6 is 0 Å². The summed E-state index contributed by atoms with van der Waals surface area (Å²) in [4.78, 5) is 11.1. The smallest absolute Gasteiger partial charge is 0.334 e. The van der Waals surface area contributed by atoms with Crippen molar-refractivity contribution >= 4 is 5.97 Å². The lowest BCUT2D eigenvalue weighted by Gasteiger charge is -2.23. The van der Waals surface area contributed by atoms with Crippen LogP contribution in [0.2, 0.25) is 0 Å². The molecule has 1 rings (SSSR count). The normalized spacial score (nSPS) is 29.1. The molecule has 1 aliphatic rings. The first kappa shape index (κ1) is 9.30. The van der Waals surface area contributed by atoms with Crippen LogP contribution in [-0.4, -0.2) is 11.6 Å². The Morgan fingerprint density at radius 3 is 2.50 bits per heavy atom. The van der Waals surface area contributed by atoms with Gasteiger partial charge in [-0.05, 0) is 32.3 Å². The van der Waals surface area contributed by atoms with E-state index in [4.69, 9.17) is 4.74 Å². The molecule has 1 atom stereocenters. The number of cyclic esters (lactones) is 1. The molecule has 1 aliphatic heterocycles. The molecular weight excluding hydrogens is 152 g/mol. The molecule has 0 saturated carbocycles. The molecule has 12 heavy (non-hydrogen) atoms. The molecule has 68 valence electrons. The number of ether oxygens (including phenoxy) is 1. The summed E-state index contributed by atoms with van der Waals surface area (Å²) in [5, 5.41) is 0. The number of rotatable bonds is 2. The molecule has 0 spiro atoms. The van der Waals surface area contributed by atoms with Gasteiger partial charge >= 0.3 is 5.97 Å². The predicted molar refractivity (Wildman–Crippen MR) is 47.7 cm³/mol. The predicted octanol–water partition coefficient (Wildman–Crippen LogP) is 2.29. The highest BCUT2D eigenvalue weighted by molar-refractivity contribution is 5.90. The lowest BCUT2D eigenvalue weighted by molar-refractivity contribution is -0.146. The van der Waals surface area contributed by atoms with Crippen molar-refractivity contribution in [3.63, 3.8) is 0 Å². The van der Waals surface area contributed by atoms with E-state index >= 15 is 0 Å². The van der Waals surface area contributed by atoms with Crippen LogP contribution in [0.3, 0.4) is 0 Å². The topological polar surface area (TPSA) is 26.3 Å². The highest BCUT2D eigenvalue weighted by atomic mass is 16.6. The number of esters is 1. The maximum Gasteiger partial charge on any atom is 0.334 e. The van der Waals surface area contributed by atoms with Gasteiger partial charge < -0.3 is 4.74 Å². The molecule has 0 aliphatic carbocycles. The number of hydrogen-bond acceptors (Lipinski definition) is 2. The van der Waals surface area contributed by atoms with Crippen molar-refractivity contribution in [3.8, 4) is 0 Å². The van der Waals surface area contributed by atoms with Gasteiger partial charge in [0.25, 0.3) is 0 Å². The Morgan fingerprint density at radius 1 is 1.58 bits per heavy atom. The third-order valence-electron chi connectivity index (χ3n) is 1.98. The Balaban J connectivity index is 2.70. The highest BCUT2D eigenvalue weighted by Crippen LogP contribution is 2.30. The van der Waals surface area contributed by atoms with Crippen LogP contribution in [0.5, 0.6) is 0 Å². The van der Waals surface area contributed by atoms with E-state index in [1.807, 2.05) is 13.0 Å². The second kappa shape index (κ2) is 2.92. The van der Waals surface area contributed by atoms with Crippen LogP contribution in [0.4, 0.5) is 0 Å². The summed E-state index contributed by atoms with van der Waals surface area (Å²) >= 11 is 0. The van der Waals surface area contributed by atoms with Crippen molar-refractivity contribution in [2.75, 3.05) is 0 Å². The zero-order valence-corrected chi connectivity index (χ0v) is 8.18. The van der Waals surface area contributed by atoms with Gasteiger partial charge in [-0.3, -0.25) is 0 Å². The van der Waals surface area contributed by atoms with Gasteiger partial charge in [-0.1, -0.05) is 13.8 Å². The van der Waals surface area contributed by atoms with Crippen LogP contribution in [0.1, 0.15) is 34.1 Å². The molecule has 2 nitrogen and oxygen atoms in total. The van der Waals surface area contributed by atoms with Crippen LogP contribution in [-0.2, 0) is 9.53 Å². The van der Waals surface area contributed by atoms with Crippen molar-refractivity contribution in [2.24, 2.45) is 5.92 Å². The van der Waals surface area contributed by atoms with Gasteiger partial charge in [-0.15, -0.1) is 0 Å². The minimum atomic E-state index is -0.352. The molecule has 0 fully saturated rings. The van der Waals surface area contributed by atoms with E-state index < -0.39 is 0 Å². The van der Waals surface area contributed by atoms with Gasteiger partial charge in [0.05, 0.1) is 0 Å². The van der Waals surface area contributed by atoms with Crippen LogP contribution < -0.4 is 0 Å². The van der Waals surface area contributed by atoms with Crippen molar-refractivity contribution in [3.05, 3.63) is 11.6 Å². The molecule has 1 unspecified atom stereocenters. The Hall–Kier alpha value is -0.790. The van der Waals surface area contributed by atoms with Crippen LogP contribution in [0, 0.1) is 5.92 Å². The Labute approximate surface area is 73.6 Å². The first-order chi connectivity index (χ1) is 5.43. The fourth-order valence-electron chi connectivity index (χ4n) is 1.75. The average Bonchev–Trinajstić information content (AvgIpc) is 2.04. The first-order valence-electron chi connectivity index (χ1n) is 4.36. The highest BCUT2D eigenvalue weighted by Gasteiger charge is 2.34. The fourth-order valence-corrected chi connectivity index (χ4v) is 1.75. The van der Waals surface area contributed by atoms with Crippen LogP contribution in [0.15, 0.2) is 11.6 Å². The van der Waals surface area contributed by atoms with Crippen molar-refractivity contribution in [1.82, 2.24) is 0 Å². The second-order valence-corrected chi connectivity index (χ2v) is 4.13. The lowest BCUT2D eigenvalue weighted by atomic mass is 9.94. The van der Waals surface area contributed by atoms with E-state index in [1.54, 1.807) is 6.92 Å². The fraction of sp³-hybridized carbons (Fsp3) is 0.700. The van der Waals surface area contributed by atoms with Crippen molar-refractivity contribution in [2.45, 2.75) is 39.7 Å². The molecule has 0 bridgehead atoms. The standard InChI is InChI=1S/C10H16O2/c1-7(2)5-10(4)6-8(3)9(11)12-10/h6-7H,5H2,1-4H3. The monoisotopic (exact) mass is 168 g/mol. The summed E-state index contributed by atoms with van der Waals surface area (Å²) in [6.07, 6.45) is 2.82. The summed E-state index contributed by atoms with van der Waals surface area (Å²) in [6, 6.07) is 0. The quantitative estimate of drug-likeness (QED) is 0.591. The number of hydrogen-bond donors (Lipinski definition) is 0. The molecule has 0 radical (unpaired) electrons. The minimum absolute atomic E-state index is 0.168. The van der Waals surface area contributed by atoms with E-state index in [-0.39, 0.29) is 11.6 Å². The zero-order valence-electron chi connectivity index (χ0n) is 8.18. The third kappa shape index (κ3) is 1.87. The van der Waals surface area contributed by atoms with Crippen molar-refractivity contribution in [1.29, 1.82) is 0 Å². The molecule has 0 aromatic heterocycles. The molecule has 1 heterocycles. The van der Waals surface area contributed by atoms with Gasteiger partial charge in [0, 0.05) is 5.57 Å². The van der Waals surface area contributed by atoms with Gasteiger partial charge in [0.1, 0.15) is 5.60 Å². The van der Waals surface area contributed by atoms with E-state index in [1.165, 1.54) is 0 Å². The molecule has 0 saturated heterocycles. The maximum absolute atomic E-state index is 11.1. The summed E-state index contributed by atoms with van der Waals surface area (Å²) in [6.45, 7) is 8.01. The van der Waals surface area contributed by atoms with Gasteiger partial charge in [-0.25, -0.2) is 4.79 Å². The van der Waals surface area contributed by atoms with Crippen molar-refractivity contribution < 1.29 is 9.53 Å². The lowest BCUT2D eigenvalue weighted by Crippen LogP contribution is -2.25. The Kier molecular flexibility index (Phi) is 2.27. The Morgan fingerprint density at radius 2 is 2.17 bits per heavy atom. The van der Waals surface area contributed by atoms with E-state index in [9.17, 15) is 4.79 Å². The molecular formula is C10H16O2. The average molecular weight is 168 g/mol. The number of carbonyl (C=O) groups excluding carboxylic acids is 1. The van der Waals surface area contributed by atoms with E-state index in [0.29, 0.717) is 5.92 Å². The summed E-state index contributed by atoms with van der Waals surface area (Å²) < 4.78 is 5.24. The first-order valence-corrected chi connectivity index (χ1v) is 4.36. The molecule has 2 heteroatoms. The summed E-state index contributed by atoms with van der Waals surface area (Å²) in [5.74, 6) is 0.378. The molecule has 0 N–H and O–H groups in total. The second-order valence-electron chi connectivity index (χ2n) is 4.13. The van der Waals surface area contributed by atoms with E-state index in [2.05, 4.69) is 13.8 Å². The minimum Gasteiger partial charge on any atom is -0.452 e. The van der Waals surface area contributed by atoms with E-state index in [0.717, 1.165) is 12.0 Å². The van der Waals surface area contributed by atoms with Gasteiger partial charge in [0.15, 0.2) is 0 Å². The third-order valence-corrected chi connectivity index (χ3v) is 1.98. The summed E-state index contributed by atoms with van der Waals surface area (Å²) in [7, 11) is 0. The van der Waals surface area contributed by atoms with Crippen LogP contribution in [0.25, 0.3) is 0 Å². The largest absolute Gasteiger partial charge is 0.452 e. The van der Waals surface area contributed by atoms with Gasteiger partial charge in [-0.2, -0.15) is 0 Å². The number of carbonyl (C=O) groups is 1. The zero-order chi connectivity index (χ0) is 9.35. The SMILES string of the molecule is CC1=CC(C)(CC(C)C)OC1=O. The Bertz CT molecular complexity index is 228. The molecule has 0 amide bonds. The molecule has 0 aromatic rings. The summed E-state index contributed by atoms with van der Waals surface area (Å²) in [5.41, 5.74) is 0.383. The maximum atomic E-state index is 11.1. The molecule has 0 aromatic carbocycles.